The number of nitrogens with zero attached hydrogens (tertiary/aromatic N) is 1. The molecule has 0 saturated carbocycles. The van der Waals surface area contributed by atoms with Crippen molar-refractivity contribution in [3.05, 3.63) is 78.4 Å². The Morgan fingerprint density at radius 2 is 1.62 bits per heavy atom. The van der Waals surface area contributed by atoms with Gasteiger partial charge in [0.2, 0.25) is 5.91 Å². The molecule has 0 aromatic heterocycles. The van der Waals surface area contributed by atoms with Crippen molar-refractivity contribution in [3.8, 4) is 0 Å². The van der Waals surface area contributed by atoms with Crippen molar-refractivity contribution in [2.24, 2.45) is 0 Å². The topological polar surface area (TPSA) is 20.3 Å². The van der Waals surface area contributed by atoms with Crippen LogP contribution in [0.5, 0.6) is 0 Å². The van der Waals surface area contributed by atoms with E-state index in [9.17, 15) is 4.79 Å². The molecule has 2 nitrogen and oxygen atoms in total. The molecule has 3 rings (SSSR count). The van der Waals surface area contributed by atoms with E-state index in [1.54, 1.807) is 11.8 Å². The van der Waals surface area contributed by atoms with Crippen LogP contribution in [-0.2, 0) is 4.79 Å². The van der Waals surface area contributed by atoms with Crippen molar-refractivity contribution in [2.45, 2.75) is 17.9 Å². The van der Waals surface area contributed by atoms with E-state index in [4.69, 9.17) is 0 Å². The zero-order chi connectivity index (χ0) is 16.9. The molecule has 0 aliphatic heterocycles. The Hall–Kier alpha value is -2.26. The van der Waals surface area contributed by atoms with Crippen LogP contribution in [0.2, 0.25) is 0 Å². The number of thioether (sulfide) groups is 1. The number of carbonyl (C=O) groups is 1. The van der Waals surface area contributed by atoms with E-state index in [0.29, 0.717) is 5.75 Å². The number of hydrogen-bond donors (Lipinski definition) is 0. The Labute approximate surface area is 147 Å². The second-order valence-corrected chi connectivity index (χ2v) is 6.94. The van der Waals surface area contributed by atoms with Crippen molar-refractivity contribution in [1.29, 1.82) is 0 Å². The first-order chi connectivity index (χ1) is 11.6. The van der Waals surface area contributed by atoms with Crippen LogP contribution < -0.4 is 0 Å². The first-order valence-electron chi connectivity index (χ1n) is 8.07. The molecule has 0 aliphatic carbocycles. The van der Waals surface area contributed by atoms with E-state index in [-0.39, 0.29) is 11.9 Å². The first kappa shape index (κ1) is 16.6. The highest BCUT2D eigenvalue weighted by Crippen LogP contribution is 2.25. The molecule has 0 spiro atoms. The van der Waals surface area contributed by atoms with Crippen LogP contribution in [0, 0.1) is 0 Å². The monoisotopic (exact) mass is 335 g/mol. The van der Waals surface area contributed by atoms with Crippen LogP contribution in [0.25, 0.3) is 10.8 Å². The number of hydrogen-bond acceptors (Lipinski definition) is 2. The zero-order valence-corrected chi connectivity index (χ0v) is 14.8. The van der Waals surface area contributed by atoms with Gasteiger partial charge in [-0.25, -0.2) is 0 Å². The summed E-state index contributed by atoms with van der Waals surface area (Å²) in [6, 6.07) is 24.8. The van der Waals surface area contributed by atoms with Crippen LogP contribution in [0.4, 0.5) is 0 Å². The number of amides is 1. The second kappa shape index (κ2) is 7.54. The van der Waals surface area contributed by atoms with Gasteiger partial charge < -0.3 is 4.90 Å². The number of benzene rings is 3. The second-order valence-electron chi connectivity index (χ2n) is 5.89. The molecule has 24 heavy (non-hydrogen) atoms. The average Bonchev–Trinajstić information content (AvgIpc) is 2.65. The van der Waals surface area contributed by atoms with Crippen molar-refractivity contribution < 1.29 is 4.79 Å². The zero-order valence-electron chi connectivity index (χ0n) is 14.0. The lowest BCUT2D eigenvalue weighted by Gasteiger charge is -2.25. The minimum Gasteiger partial charge on any atom is -0.338 e. The van der Waals surface area contributed by atoms with E-state index < -0.39 is 0 Å². The largest absolute Gasteiger partial charge is 0.338 e. The summed E-state index contributed by atoms with van der Waals surface area (Å²) in [5, 5.41) is 2.43. The van der Waals surface area contributed by atoms with Crippen molar-refractivity contribution in [2.75, 3.05) is 12.8 Å². The predicted molar refractivity (Wildman–Crippen MR) is 102 cm³/mol. The first-order valence-corrected chi connectivity index (χ1v) is 9.06. The van der Waals surface area contributed by atoms with E-state index in [1.165, 1.54) is 10.8 Å². The van der Waals surface area contributed by atoms with Gasteiger partial charge >= 0.3 is 0 Å². The number of carbonyl (C=O) groups excluding carboxylic acids is 1. The summed E-state index contributed by atoms with van der Waals surface area (Å²) in [5.74, 6) is 0.593. The SMILES string of the molecule is C[C@@H](c1ccccc1)N(C)C(=O)CSc1ccc2ccccc2c1. The maximum absolute atomic E-state index is 12.5. The van der Waals surface area contributed by atoms with Gasteiger partial charge in [0.1, 0.15) is 0 Å². The fourth-order valence-electron chi connectivity index (χ4n) is 2.68. The minimum atomic E-state index is 0.0795. The summed E-state index contributed by atoms with van der Waals surface area (Å²) in [5.41, 5.74) is 1.16. The summed E-state index contributed by atoms with van der Waals surface area (Å²) in [6.45, 7) is 2.06. The highest BCUT2D eigenvalue weighted by Gasteiger charge is 2.17. The summed E-state index contributed by atoms with van der Waals surface area (Å²) >= 11 is 1.59. The van der Waals surface area contributed by atoms with E-state index in [2.05, 4.69) is 49.4 Å². The third kappa shape index (κ3) is 3.80. The van der Waals surface area contributed by atoms with Crippen LogP contribution in [0.3, 0.4) is 0 Å². The summed E-state index contributed by atoms with van der Waals surface area (Å²) in [7, 11) is 1.88. The van der Waals surface area contributed by atoms with Crippen LogP contribution >= 0.6 is 11.8 Å². The lowest BCUT2D eigenvalue weighted by atomic mass is 10.1. The molecule has 1 atom stereocenters. The number of fused-ring (bicyclic) bond motifs is 1. The Morgan fingerprint density at radius 1 is 0.958 bits per heavy atom. The van der Waals surface area contributed by atoms with Gasteiger partial charge in [-0.15, -0.1) is 11.8 Å². The van der Waals surface area contributed by atoms with Gasteiger partial charge in [0.15, 0.2) is 0 Å². The van der Waals surface area contributed by atoms with Crippen LogP contribution in [-0.4, -0.2) is 23.6 Å². The van der Waals surface area contributed by atoms with Gasteiger partial charge in [-0.2, -0.15) is 0 Å². The third-order valence-electron chi connectivity index (χ3n) is 4.34. The fraction of sp³-hybridized carbons (Fsp3) is 0.190. The highest BCUT2D eigenvalue weighted by atomic mass is 32.2. The van der Waals surface area contributed by atoms with Crippen molar-refractivity contribution in [1.82, 2.24) is 4.90 Å². The smallest absolute Gasteiger partial charge is 0.233 e. The molecule has 0 aliphatic rings. The molecule has 3 heteroatoms. The summed E-state index contributed by atoms with van der Waals surface area (Å²) in [4.78, 5) is 15.5. The standard InChI is InChI=1S/C21H21NOS/c1-16(17-8-4-3-5-9-17)22(2)21(23)15-24-20-13-12-18-10-6-7-11-19(18)14-20/h3-14,16H,15H2,1-2H3/t16-/m0/s1. The lowest BCUT2D eigenvalue weighted by Crippen LogP contribution is -2.31. The molecular formula is C21H21NOS. The predicted octanol–water partition coefficient (Wildman–Crippen LogP) is 5.15. The molecule has 0 radical (unpaired) electrons. The molecule has 0 N–H and O–H groups in total. The Morgan fingerprint density at radius 3 is 2.38 bits per heavy atom. The van der Waals surface area contributed by atoms with Crippen molar-refractivity contribution >= 4 is 28.4 Å². The van der Waals surface area contributed by atoms with E-state index >= 15 is 0 Å². The van der Waals surface area contributed by atoms with Gasteiger partial charge in [0.25, 0.3) is 0 Å². The lowest BCUT2D eigenvalue weighted by molar-refractivity contribution is -0.128. The molecule has 0 bridgehead atoms. The summed E-state index contributed by atoms with van der Waals surface area (Å²) in [6.07, 6.45) is 0. The van der Waals surface area contributed by atoms with E-state index in [0.717, 1.165) is 10.5 Å². The van der Waals surface area contributed by atoms with E-state index in [1.807, 2.05) is 42.3 Å². The quantitative estimate of drug-likeness (QED) is 0.601. The fourth-order valence-corrected chi connectivity index (χ4v) is 3.54. The van der Waals surface area contributed by atoms with Crippen LogP contribution in [0.1, 0.15) is 18.5 Å². The molecular weight excluding hydrogens is 314 g/mol. The molecule has 3 aromatic carbocycles. The Bertz CT molecular complexity index is 831. The van der Waals surface area contributed by atoms with Crippen LogP contribution in [0.15, 0.2) is 77.7 Å². The maximum Gasteiger partial charge on any atom is 0.233 e. The van der Waals surface area contributed by atoms with Gasteiger partial charge in [-0.1, -0.05) is 60.7 Å². The average molecular weight is 335 g/mol. The molecule has 0 unspecified atom stereocenters. The molecule has 0 heterocycles. The van der Waals surface area contributed by atoms with Gasteiger partial charge in [-0.05, 0) is 35.4 Å². The Balaban J connectivity index is 1.63. The summed E-state index contributed by atoms with van der Waals surface area (Å²) < 4.78 is 0. The molecule has 0 saturated heterocycles. The molecule has 1 amide bonds. The molecule has 0 fully saturated rings. The highest BCUT2D eigenvalue weighted by molar-refractivity contribution is 8.00. The molecule has 3 aromatic rings. The normalized spacial score (nSPS) is 12.1. The third-order valence-corrected chi connectivity index (χ3v) is 5.32. The minimum absolute atomic E-state index is 0.0795. The number of rotatable bonds is 5. The van der Waals surface area contributed by atoms with Gasteiger partial charge in [0, 0.05) is 11.9 Å². The maximum atomic E-state index is 12.5. The van der Waals surface area contributed by atoms with Crippen molar-refractivity contribution in [3.63, 3.8) is 0 Å². The van der Waals surface area contributed by atoms with Gasteiger partial charge in [0.05, 0.1) is 11.8 Å². The Kier molecular flexibility index (Phi) is 5.21. The molecule has 122 valence electrons. The van der Waals surface area contributed by atoms with Gasteiger partial charge in [-0.3, -0.25) is 4.79 Å².